The largest absolute Gasteiger partial charge is 0.634 e. The summed E-state index contributed by atoms with van der Waals surface area (Å²) < 4.78 is 10.8. The molecule has 1 atom stereocenters. The summed E-state index contributed by atoms with van der Waals surface area (Å²) in [5.74, 6) is -0.0412. The molecule has 11 nitrogen and oxygen atoms in total. The van der Waals surface area contributed by atoms with Gasteiger partial charge < -0.3 is 44.9 Å². The lowest BCUT2D eigenvalue weighted by Gasteiger charge is -2.37. The van der Waals surface area contributed by atoms with Crippen LogP contribution in [0.25, 0.3) is 5.43 Å². The van der Waals surface area contributed by atoms with Crippen molar-refractivity contribution < 1.29 is 24.2 Å². The van der Waals surface area contributed by atoms with E-state index < -0.39 is 0 Å². The predicted octanol–water partition coefficient (Wildman–Crippen LogP) is 2.23. The van der Waals surface area contributed by atoms with Crippen molar-refractivity contribution in [1.29, 1.82) is 0 Å². The molecule has 2 aromatic rings. The molecule has 2 aromatic carbocycles. The standard InChI is InChI=1S/C30H35N6O5/c37-29-27(32-15-19-40-20-16-32)3-1-13-34(29)24-7-5-23(6-8-24)31-36(39)26-11-9-25(10-12-26)35-14-2-4-28(30(35)38)33-17-21-41-22-18-33/h3-12,36H,1-2,13-22H2/q-1. The SMILES string of the molecule is O=C1C(N2CCOCC2)=CCCN1c1ccc([N-][NH+]([O-])c2ccc(N3CCC=C(N4CCOCC4)C3=O)cc2)cc1. The molecule has 0 bridgehead atoms. The number of nitrogens with one attached hydrogen (secondary N) is 1. The van der Waals surface area contributed by atoms with E-state index in [1.807, 2.05) is 24.3 Å². The Kier molecular flexibility index (Phi) is 8.19. The van der Waals surface area contributed by atoms with Crippen LogP contribution in [-0.2, 0) is 19.1 Å². The molecule has 0 saturated carbocycles. The van der Waals surface area contributed by atoms with Crippen LogP contribution in [0.15, 0.2) is 72.1 Å². The highest BCUT2D eigenvalue weighted by molar-refractivity contribution is 6.06. The topological polar surface area (TPSA) is 107 Å². The molecule has 11 heteroatoms. The van der Waals surface area contributed by atoms with E-state index in [9.17, 15) is 14.8 Å². The summed E-state index contributed by atoms with van der Waals surface area (Å²) in [6.07, 6.45) is 5.58. The van der Waals surface area contributed by atoms with E-state index in [4.69, 9.17) is 9.47 Å². The second kappa shape index (κ2) is 12.3. The molecule has 4 aliphatic heterocycles. The summed E-state index contributed by atoms with van der Waals surface area (Å²) in [6, 6.07) is 14.2. The number of carbonyl (C=O) groups is 2. The first kappa shape index (κ1) is 27.3. The van der Waals surface area contributed by atoms with Crippen molar-refractivity contribution in [2.45, 2.75) is 12.8 Å². The fraction of sp³-hybridized carbons (Fsp3) is 0.400. The molecule has 0 aromatic heterocycles. The molecule has 4 aliphatic rings. The van der Waals surface area contributed by atoms with Crippen LogP contribution in [0, 0.1) is 5.21 Å². The Labute approximate surface area is 239 Å². The maximum Gasteiger partial charge on any atom is 0.274 e. The number of nitrogens with zero attached hydrogens (tertiary/aromatic N) is 5. The van der Waals surface area contributed by atoms with Gasteiger partial charge in [0.1, 0.15) is 5.69 Å². The third-order valence-electron chi connectivity index (χ3n) is 7.83. The van der Waals surface area contributed by atoms with Crippen molar-refractivity contribution in [2.24, 2.45) is 0 Å². The van der Waals surface area contributed by atoms with Gasteiger partial charge in [-0.15, -0.1) is 0 Å². The number of benzene rings is 2. The highest BCUT2D eigenvalue weighted by Crippen LogP contribution is 2.27. The summed E-state index contributed by atoms with van der Waals surface area (Å²) in [4.78, 5) is 34.1. The maximum absolute atomic E-state index is 13.2. The zero-order chi connectivity index (χ0) is 28.2. The predicted molar refractivity (Wildman–Crippen MR) is 155 cm³/mol. The lowest BCUT2D eigenvalue weighted by molar-refractivity contribution is -0.727. The molecule has 0 aliphatic carbocycles. The van der Waals surface area contributed by atoms with Gasteiger partial charge in [-0.2, -0.15) is 0 Å². The molecule has 2 amide bonds. The van der Waals surface area contributed by atoms with Crippen molar-refractivity contribution in [3.63, 3.8) is 0 Å². The Balaban J connectivity index is 1.06. The highest BCUT2D eigenvalue weighted by Gasteiger charge is 2.29. The average molecular weight is 560 g/mol. The second-order valence-electron chi connectivity index (χ2n) is 10.3. The zero-order valence-electron chi connectivity index (χ0n) is 23.0. The van der Waals surface area contributed by atoms with Crippen LogP contribution in [0.3, 0.4) is 0 Å². The number of amides is 2. The van der Waals surface area contributed by atoms with Crippen molar-refractivity contribution in [1.82, 2.24) is 9.80 Å². The Hall–Kier alpha value is -3.90. The molecule has 0 spiro atoms. The number of morpholine rings is 2. The normalized spacial score (nSPS) is 21.0. The molecule has 216 valence electrons. The molecule has 4 heterocycles. The quantitative estimate of drug-likeness (QED) is 0.519. The molecule has 1 N–H and O–H groups in total. The molecule has 0 radical (unpaired) electrons. The number of hydrogen-bond donors (Lipinski definition) is 1. The van der Waals surface area contributed by atoms with E-state index in [-0.39, 0.29) is 17.0 Å². The van der Waals surface area contributed by atoms with Crippen LogP contribution in [-0.4, -0.2) is 87.3 Å². The Bertz CT molecular complexity index is 1300. The van der Waals surface area contributed by atoms with Gasteiger partial charge in [-0.3, -0.25) is 9.59 Å². The average Bonchev–Trinajstić information content (AvgIpc) is 3.03. The van der Waals surface area contributed by atoms with E-state index in [0.717, 1.165) is 35.6 Å². The number of carbonyl (C=O) groups excluding carboxylic acids is 2. The minimum atomic E-state index is -0.366. The van der Waals surface area contributed by atoms with Gasteiger partial charge in [0.05, 0.1) is 37.8 Å². The van der Waals surface area contributed by atoms with Crippen molar-refractivity contribution >= 4 is 34.6 Å². The first-order valence-corrected chi connectivity index (χ1v) is 14.2. The summed E-state index contributed by atoms with van der Waals surface area (Å²) in [5.41, 5.74) is 8.21. The summed E-state index contributed by atoms with van der Waals surface area (Å²) in [7, 11) is 0. The van der Waals surface area contributed by atoms with Gasteiger partial charge in [0, 0.05) is 62.8 Å². The Morgan fingerprint density at radius 2 is 1.07 bits per heavy atom. The van der Waals surface area contributed by atoms with Gasteiger partial charge >= 0.3 is 0 Å². The van der Waals surface area contributed by atoms with Crippen molar-refractivity contribution in [2.75, 3.05) is 75.5 Å². The first-order valence-electron chi connectivity index (χ1n) is 14.2. The number of hydrogen-bond acceptors (Lipinski definition) is 7. The molecule has 2 saturated heterocycles. The minimum absolute atomic E-state index is 0.0150. The van der Waals surface area contributed by atoms with Gasteiger partial charge in [0.25, 0.3) is 11.8 Å². The fourth-order valence-electron chi connectivity index (χ4n) is 5.62. The van der Waals surface area contributed by atoms with Crippen LogP contribution in [0.2, 0.25) is 0 Å². The van der Waals surface area contributed by atoms with Gasteiger partial charge in [-0.1, -0.05) is 30.0 Å². The van der Waals surface area contributed by atoms with E-state index in [2.05, 4.69) is 15.2 Å². The van der Waals surface area contributed by atoms with Gasteiger partial charge in [0.15, 0.2) is 0 Å². The third-order valence-corrected chi connectivity index (χ3v) is 7.83. The lowest BCUT2D eigenvalue weighted by Crippen LogP contribution is -2.96. The fourth-order valence-corrected chi connectivity index (χ4v) is 5.62. The van der Waals surface area contributed by atoms with Gasteiger partial charge in [0.2, 0.25) is 0 Å². The molecule has 6 rings (SSSR count). The van der Waals surface area contributed by atoms with Gasteiger partial charge in [-0.25, -0.2) is 0 Å². The highest BCUT2D eigenvalue weighted by atomic mass is 16.5. The van der Waals surface area contributed by atoms with Crippen molar-refractivity contribution in [3.05, 3.63) is 82.7 Å². The number of rotatable bonds is 7. The zero-order valence-corrected chi connectivity index (χ0v) is 23.0. The van der Waals surface area contributed by atoms with Crippen LogP contribution < -0.4 is 15.0 Å². The summed E-state index contributed by atoms with van der Waals surface area (Å²) in [5, 5.41) is 12.6. The third kappa shape index (κ3) is 5.94. The molecule has 41 heavy (non-hydrogen) atoms. The van der Waals surface area contributed by atoms with Crippen LogP contribution in [0.4, 0.5) is 22.7 Å². The molecule has 1 unspecified atom stereocenters. The van der Waals surface area contributed by atoms with E-state index in [0.29, 0.717) is 77.1 Å². The number of anilines is 2. The summed E-state index contributed by atoms with van der Waals surface area (Å²) >= 11 is 0. The second-order valence-corrected chi connectivity index (χ2v) is 10.3. The summed E-state index contributed by atoms with van der Waals surface area (Å²) in [6.45, 7) is 6.55. The van der Waals surface area contributed by atoms with Crippen LogP contribution in [0.5, 0.6) is 0 Å². The van der Waals surface area contributed by atoms with Gasteiger partial charge in [-0.05, 0) is 37.1 Å². The van der Waals surface area contributed by atoms with E-state index in [1.54, 1.807) is 46.2 Å². The Morgan fingerprint density at radius 3 is 1.54 bits per heavy atom. The monoisotopic (exact) mass is 559 g/mol. The van der Waals surface area contributed by atoms with E-state index in [1.165, 1.54) is 0 Å². The first-order chi connectivity index (χ1) is 20.1. The number of ether oxygens (including phenoxy) is 2. The van der Waals surface area contributed by atoms with Crippen LogP contribution >= 0.6 is 0 Å². The van der Waals surface area contributed by atoms with Crippen molar-refractivity contribution in [3.8, 4) is 0 Å². The maximum atomic E-state index is 13.2. The molecular formula is C30H35N6O5-. The minimum Gasteiger partial charge on any atom is -0.634 e. The van der Waals surface area contributed by atoms with Crippen LogP contribution in [0.1, 0.15) is 12.8 Å². The number of quaternary nitrogens is 1. The smallest absolute Gasteiger partial charge is 0.274 e. The molecular weight excluding hydrogens is 524 g/mol. The molecule has 2 fully saturated rings. The van der Waals surface area contributed by atoms with E-state index >= 15 is 0 Å². The lowest BCUT2D eigenvalue weighted by atomic mass is 10.1. The Morgan fingerprint density at radius 1 is 0.634 bits per heavy atom.